The SMILES string of the molecule is CC[C@H](C)[C@H](NS(=O)(=O)c1ccccc1)[C@@H](O)CCBr. The van der Waals surface area contributed by atoms with E-state index in [1.54, 1.807) is 30.3 Å². The number of sulfonamides is 1. The number of aliphatic hydroxyl groups excluding tert-OH is 1. The average molecular weight is 364 g/mol. The number of halogens is 1. The van der Waals surface area contributed by atoms with Crippen molar-refractivity contribution in [2.45, 2.75) is 43.7 Å². The maximum Gasteiger partial charge on any atom is 0.240 e. The van der Waals surface area contributed by atoms with E-state index in [1.807, 2.05) is 13.8 Å². The zero-order valence-electron chi connectivity index (χ0n) is 11.8. The predicted molar refractivity (Wildman–Crippen MR) is 84.4 cm³/mol. The molecule has 0 unspecified atom stereocenters. The molecule has 0 aliphatic rings. The van der Waals surface area contributed by atoms with Crippen LogP contribution in [0.4, 0.5) is 0 Å². The lowest BCUT2D eigenvalue weighted by Gasteiger charge is -2.28. The highest BCUT2D eigenvalue weighted by Crippen LogP contribution is 2.18. The van der Waals surface area contributed by atoms with Gasteiger partial charge in [-0.2, -0.15) is 0 Å². The maximum atomic E-state index is 12.3. The van der Waals surface area contributed by atoms with Crippen molar-refractivity contribution in [2.75, 3.05) is 5.33 Å². The largest absolute Gasteiger partial charge is 0.391 e. The van der Waals surface area contributed by atoms with Crippen LogP contribution in [0.15, 0.2) is 35.2 Å². The van der Waals surface area contributed by atoms with Crippen molar-refractivity contribution < 1.29 is 13.5 Å². The summed E-state index contributed by atoms with van der Waals surface area (Å²) in [5, 5.41) is 10.8. The lowest BCUT2D eigenvalue weighted by molar-refractivity contribution is 0.109. The zero-order valence-corrected chi connectivity index (χ0v) is 14.2. The molecular weight excluding hydrogens is 342 g/mol. The fourth-order valence-electron chi connectivity index (χ4n) is 1.97. The number of alkyl halides is 1. The Kier molecular flexibility index (Phi) is 7.15. The van der Waals surface area contributed by atoms with Crippen LogP contribution in [-0.4, -0.2) is 31.0 Å². The van der Waals surface area contributed by atoms with Crippen LogP contribution < -0.4 is 4.72 Å². The van der Waals surface area contributed by atoms with Gasteiger partial charge in [0.05, 0.1) is 17.0 Å². The summed E-state index contributed by atoms with van der Waals surface area (Å²) in [7, 11) is -3.60. The smallest absolute Gasteiger partial charge is 0.240 e. The van der Waals surface area contributed by atoms with Gasteiger partial charge in [0.1, 0.15) is 0 Å². The fourth-order valence-corrected chi connectivity index (χ4v) is 3.83. The first-order valence-electron chi connectivity index (χ1n) is 6.73. The summed E-state index contributed by atoms with van der Waals surface area (Å²) < 4.78 is 27.3. The molecule has 2 N–H and O–H groups in total. The van der Waals surface area contributed by atoms with Crippen LogP contribution in [0.3, 0.4) is 0 Å². The monoisotopic (exact) mass is 363 g/mol. The Morgan fingerprint density at radius 1 is 1.30 bits per heavy atom. The molecule has 3 atom stereocenters. The third-order valence-electron chi connectivity index (χ3n) is 3.42. The van der Waals surface area contributed by atoms with Crippen LogP contribution in [0.1, 0.15) is 26.7 Å². The highest BCUT2D eigenvalue weighted by molar-refractivity contribution is 9.09. The van der Waals surface area contributed by atoms with E-state index in [0.717, 1.165) is 6.42 Å². The highest BCUT2D eigenvalue weighted by atomic mass is 79.9. The lowest BCUT2D eigenvalue weighted by Crippen LogP contribution is -2.47. The Hall–Kier alpha value is -0.430. The summed E-state index contributed by atoms with van der Waals surface area (Å²) in [5.74, 6) is 0.0579. The standard InChI is InChI=1S/C14H22BrNO3S/c1-3-11(2)14(13(17)9-10-15)16-20(18,19)12-7-5-4-6-8-12/h4-8,11,13-14,16-17H,3,9-10H2,1-2H3/t11-,13-,14-/m0/s1. The molecule has 0 fully saturated rings. The minimum atomic E-state index is -3.60. The van der Waals surface area contributed by atoms with Crippen molar-refractivity contribution in [3.8, 4) is 0 Å². The van der Waals surface area contributed by atoms with Gasteiger partial charge in [-0.1, -0.05) is 54.4 Å². The first-order chi connectivity index (χ1) is 9.42. The van der Waals surface area contributed by atoms with Gasteiger partial charge in [0.25, 0.3) is 0 Å². The second-order valence-corrected chi connectivity index (χ2v) is 7.40. The summed E-state index contributed by atoms with van der Waals surface area (Å²) in [6.07, 6.45) is 0.594. The minimum Gasteiger partial charge on any atom is -0.391 e. The minimum absolute atomic E-state index is 0.0579. The number of hydrogen-bond acceptors (Lipinski definition) is 3. The van der Waals surface area contributed by atoms with Crippen LogP contribution in [0.25, 0.3) is 0 Å². The van der Waals surface area contributed by atoms with E-state index < -0.39 is 22.2 Å². The molecule has 0 amide bonds. The molecule has 0 heterocycles. The lowest BCUT2D eigenvalue weighted by atomic mass is 9.94. The summed E-state index contributed by atoms with van der Waals surface area (Å²) in [4.78, 5) is 0.222. The Morgan fingerprint density at radius 2 is 1.90 bits per heavy atom. The molecule has 0 aromatic heterocycles. The van der Waals surface area contributed by atoms with Crippen LogP contribution in [-0.2, 0) is 10.0 Å². The first kappa shape index (κ1) is 17.6. The van der Waals surface area contributed by atoms with Gasteiger partial charge in [-0.3, -0.25) is 0 Å². The molecule has 1 aromatic rings. The van der Waals surface area contributed by atoms with E-state index in [-0.39, 0.29) is 10.8 Å². The van der Waals surface area contributed by atoms with Gasteiger partial charge < -0.3 is 5.11 Å². The number of hydrogen-bond donors (Lipinski definition) is 2. The first-order valence-corrected chi connectivity index (χ1v) is 9.34. The Labute approximate surface area is 129 Å². The molecule has 0 saturated carbocycles. The van der Waals surface area contributed by atoms with Crippen molar-refractivity contribution >= 4 is 26.0 Å². The second-order valence-electron chi connectivity index (χ2n) is 4.89. The molecule has 0 radical (unpaired) electrons. The molecule has 1 aromatic carbocycles. The maximum absolute atomic E-state index is 12.3. The summed E-state index contributed by atoms with van der Waals surface area (Å²) in [5.41, 5.74) is 0. The zero-order chi connectivity index (χ0) is 15.2. The molecule has 0 aliphatic carbocycles. The van der Waals surface area contributed by atoms with Crippen molar-refractivity contribution in [3.05, 3.63) is 30.3 Å². The van der Waals surface area contributed by atoms with Gasteiger partial charge in [0, 0.05) is 5.33 Å². The summed E-state index contributed by atoms with van der Waals surface area (Å²) >= 11 is 3.28. The van der Waals surface area contributed by atoms with Gasteiger partial charge in [0.2, 0.25) is 10.0 Å². The van der Waals surface area contributed by atoms with E-state index in [9.17, 15) is 13.5 Å². The summed E-state index contributed by atoms with van der Waals surface area (Å²) in [6, 6.07) is 7.75. The van der Waals surface area contributed by atoms with E-state index in [0.29, 0.717) is 11.8 Å². The van der Waals surface area contributed by atoms with Gasteiger partial charge in [-0.05, 0) is 24.5 Å². The number of rotatable bonds is 8. The average Bonchev–Trinajstić information content (AvgIpc) is 2.45. The molecule has 1 rings (SSSR count). The van der Waals surface area contributed by atoms with Crippen LogP contribution >= 0.6 is 15.9 Å². The molecule has 20 heavy (non-hydrogen) atoms. The molecule has 114 valence electrons. The van der Waals surface area contributed by atoms with E-state index >= 15 is 0 Å². The van der Waals surface area contributed by atoms with Crippen LogP contribution in [0, 0.1) is 5.92 Å². The normalized spacial score (nSPS) is 16.6. The fraction of sp³-hybridized carbons (Fsp3) is 0.571. The molecule has 6 heteroatoms. The summed E-state index contributed by atoms with van der Waals surface area (Å²) in [6.45, 7) is 3.92. The Morgan fingerprint density at radius 3 is 2.40 bits per heavy atom. The van der Waals surface area contributed by atoms with Crippen LogP contribution in [0.2, 0.25) is 0 Å². The third-order valence-corrected chi connectivity index (χ3v) is 5.35. The molecule has 0 saturated heterocycles. The van der Waals surface area contributed by atoms with Crippen molar-refractivity contribution in [3.63, 3.8) is 0 Å². The van der Waals surface area contributed by atoms with Gasteiger partial charge >= 0.3 is 0 Å². The number of benzene rings is 1. The highest BCUT2D eigenvalue weighted by Gasteiger charge is 2.29. The third kappa shape index (κ3) is 4.84. The number of aliphatic hydroxyl groups is 1. The molecule has 4 nitrogen and oxygen atoms in total. The van der Waals surface area contributed by atoms with Crippen molar-refractivity contribution in [2.24, 2.45) is 5.92 Å². The molecule has 0 aliphatic heterocycles. The van der Waals surface area contributed by atoms with E-state index in [4.69, 9.17) is 0 Å². The topological polar surface area (TPSA) is 66.4 Å². The van der Waals surface area contributed by atoms with Crippen LogP contribution in [0.5, 0.6) is 0 Å². The van der Waals surface area contributed by atoms with Gasteiger partial charge in [-0.15, -0.1) is 0 Å². The van der Waals surface area contributed by atoms with E-state index in [1.165, 1.54) is 0 Å². The quantitative estimate of drug-likeness (QED) is 0.697. The molecule has 0 spiro atoms. The number of nitrogens with one attached hydrogen (secondary N) is 1. The van der Waals surface area contributed by atoms with Gasteiger partial charge in [0.15, 0.2) is 0 Å². The van der Waals surface area contributed by atoms with Crippen molar-refractivity contribution in [1.82, 2.24) is 4.72 Å². The Balaban J connectivity index is 2.94. The second kappa shape index (κ2) is 8.12. The molecule has 0 bridgehead atoms. The van der Waals surface area contributed by atoms with Gasteiger partial charge in [-0.25, -0.2) is 13.1 Å². The van der Waals surface area contributed by atoms with Crippen molar-refractivity contribution in [1.29, 1.82) is 0 Å². The Bertz CT molecular complexity index is 492. The predicted octanol–water partition coefficient (Wildman–Crippen LogP) is 2.53. The molecular formula is C14H22BrNO3S. The van der Waals surface area contributed by atoms with E-state index in [2.05, 4.69) is 20.7 Å².